The van der Waals surface area contributed by atoms with Gasteiger partial charge in [0.15, 0.2) is 11.8 Å². The molecule has 7 nitrogen and oxygen atoms in total. The van der Waals surface area contributed by atoms with E-state index in [1.165, 1.54) is 42.3 Å². The Morgan fingerprint density at radius 3 is 2.82 bits per heavy atom. The largest absolute Gasteiger partial charge is 0.358 e. The number of para-hydroxylation sites is 1. The molecular formula is C21H29N7. The molecule has 0 atom stereocenters. The summed E-state index contributed by atoms with van der Waals surface area (Å²) in [7, 11) is 1.98. The van der Waals surface area contributed by atoms with Crippen molar-refractivity contribution in [2.75, 3.05) is 6.54 Å². The fourth-order valence-corrected chi connectivity index (χ4v) is 3.74. The molecule has 2 aromatic heterocycles. The SMILES string of the molecule is Cc1nnc(CN=C(NCCc2cc3ccccc3[nH]2)NC2CCCC2)n1C. The highest BCUT2D eigenvalue weighted by Gasteiger charge is 2.16. The van der Waals surface area contributed by atoms with Crippen molar-refractivity contribution in [3.05, 3.63) is 47.7 Å². The lowest BCUT2D eigenvalue weighted by Crippen LogP contribution is -2.43. The molecule has 0 spiro atoms. The first-order chi connectivity index (χ1) is 13.7. The number of H-pyrrole nitrogens is 1. The second kappa shape index (κ2) is 8.46. The predicted molar refractivity (Wildman–Crippen MR) is 112 cm³/mol. The normalized spacial score (nSPS) is 15.4. The van der Waals surface area contributed by atoms with Crippen LogP contribution in [-0.4, -0.2) is 38.3 Å². The third-order valence-electron chi connectivity index (χ3n) is 5.53. The summed E-state index contributed by atoms with van der Waals surface area (Å²) in [6.45, 7) is 3.30. The van der Waals surface area contributed by atoms with Crippen molar-refractivity contribution in [2.45, 2.75) is 51.6 Å². The summed E-state index contributed by atoms with van der Waals surface area (Å²) in [5.74, 6) is 2.64. The van der Waals surface area contributed by atoms with Gasteiger partial charge in [-0.1, -0.05) is 31.0 Å². The van der Waals surface area contributed by atoms with Crippen molar-refractivity contribution in [1.29, 1.82) is 0 Å². The number of aromatic nitrogens is 4. The fraction of sp³-hybridized carbons (Fsp3) is 0.476. The summed E-state index contributed by atoms with van der Waals surface area (Å²) >= 11 is 0. The molecule has 1 saturated carbocycles. The number of nitrogens with zero attached hydrogens (tertiary/aromatic N) is 4. The Hall–Kier alpha value is -2.83. The van der Waals surface area contributed by atoms with E-state index in [0.717, 1.165) is 30.6 Å². The van der Waals surface area contributed by atoms with Crippen LogP contribution in [0.25, 0.3) is 10.9 Å². The Morgan fingerprint density at radius 1 is 1.25 bits per heavy atom. The van der Waals surface area contributed by atoms with Crippen molar-refractivity contribution >= 4 is 16.9 Å². The van der Waals surface area contributed by atoms with E-state index in [1.807, 2.05) is 18.5 Å². The molecule has 2 heterocycles. The zero-order valence-electron chi connectivity index (χ0n) is 16.7. The Bertz CT molecular complexity index is 914. The van der Waals surface area contributed by atoms with Crippen LogP contribution in [0, 0.1) is 6.92 Å². The van der Waals surface area contributed by atoms with Crippen molar-refractivity contribution in [1.82, 2.24) is 30.4 Å². The predicted octanol–water partition coefficient (Wildman–Crippen LogP) is 2.83. The Labute approximate surface area is 165 Å². The molecule has 28 heavy (non-hydrogen) atoms. The monoisotopic (exact) mass is 379 g/mol. The van der Waals surface area contributed by atoms with Gasteiger partial charge in [0, 0.05) is 37.3 Å². The minimum atomic E-state index is 0.514. The number of aromatic amines is 1. The molecule has 0 amide bonds. The average molecular weight is 380 g/mol. The Balaban J connectivity index is 1.39. The van der Waals surface area contributed by atoms with E-state index in [0.29, 0.717) is 12.6 Å². The molecule has 1 aliphatic carbocycles. The maximum absolute atomic E-state index is 4.77. The van der Waals surface area contributed by atoms with Crippen LogP contribution >= 0.6 is 0 Å². The highest BCUT2D eigenvalue weighted by molar-refractivity contribution is 5.81. The van der Waals surface area contributed by atoms with E-state index in [4.69, 9.17) is 4.99 Å². The lowest BCUT2D eigenvalue weighted by atomic mass is 10.2. The van der Waals surface area contributed by atoms with E-state index < -0.39 is 0 Å². The van der Waals surface area contributed by atoms with Gasteiger partial charge in [0.25, 0.3) is 0 Å². The van der Waals surface area contributed by atoms with Crippen molar-refractivity contribution in [3.63, 3.8) is 0 Å². The van der Waals surface area contributed by atoms with Gasteiger partial charge in [0.1, 0.15) is 12.4 Å². The number of hydrogen-bond donors (Lipinski definition) is 3. The molecule has 0 radical (unpaired) electrons. The second-order valence-electron chi connectivity index (χ2n) is 7.57. The fourth-order valence-electron chi connectivity index (χ4n) is 3.74. The van der Waals surface area contributed by atoms with Gasteiger partial charge >= 0.3 is 0 Å². The summed E-state index contributed by atoms with van der Waals surface area (Å²) in [5.41, 5.74) is 2.42. The van der Waals surface area contributed by atoms with Gasteiger partial charge < -0.3 is 20.2 Å². The molecule has 0 bridgehead atoms. The van der Waals surface area contributed by atoms with Crippen molar-refractivity contribution in [3.8, 4) is 0 Å². The molecule has 148 valence electrons. The summed E-state index contributed by atoms with van der Waals surface area (Å²) in [6, 6.07) is 11.1. The lowest BCUT2D eigenvalue weighted by Gasteiger charge is -2.17. The van der Waals surface area contributed by atoms with E-state index in [1.54, 1.807) is 0 Å². The molecule has 1 aliphatic rings. The molecule has 1 fully saturated rings. The highest BCUT2D eigenvalue weighted by Crippen LogP contribution is 2.17. The maximum atomic E-state index is 4.77. The Morgan fingerprint density at radius 2 is 2.07 bits per heavy atom. The quantitative estimate of drug-likeness (QED) is 0.454. The van der Waals surface area contributed by atoms with E-state index >= 15 is 0 Å². The first kappa shape index (κ1) is 18.5. The van der Waals surface area contributed by atoms with E-state index in [9.17, 15) is 0 Å². The van der Waals surface area contributed by atoms with Crippen LogP contribution in [0.4, 0.5) is 0 Å². The smallest absolute Gasteiger partial charge is 0.191 e. The van der Waals surface area contributed by atoms with Crippen LogP contribution in [0.1, 0.15) is 43.0 Å². The average Bonchev–Trinajstić information content (AvgIpc) is 3.42. The first-order valence-corrected chi connectivity index (χ1v) is 10.2. The molecule has 3 aromatic rings. The zero-order valence-corrected chi connectivity index (χ0v) is 16.7. The number of nitrogens with one attached hydrogen (secondary N) is 3. The van der Waals surface area contributed by atoms with Crippen LogP contribution in [-0.2, 0) is 20.0 Å². The second-order valence-corrected chi connectivity index (χ2v) is 7.57. The summed E-state index contributed by atoms with van der Waals surface area (Å²) in [6.07, 6.45) is 5.94. The molecule has 4 rings (SSSR count). The molecule has 0 unspecified atom stereocenters. The number of benzene rings is 1. The third kappa shape index (κ3) is 4.35. The van der Waals surface area contributed by atoms with Gasteiger partial charge in [-0.25, -0.2) is 4.99 Å². The molecular weight excluding hydrogens is 350 g/mol. The van der Waals surface area contributed by atoms with Gasteiger partial charge in [0.05, 0.1) is 0 Å². The van der Waals surface area contributed by atoms with Gasteiger partial charge in [0.2, 0.25) is 0 Å². The highest BCUT2D eigenvalue weighted by atomic mass is 15.3. The minimum Gasteiger partial charge on any atom is -0.358 e. The van der Waals surface area contributed by atoms with Crippen LogP contribution in [0.5, 0.6) is 0 Å². The third-order valence-corrected chi connectivity index (χ3v) is 5.53. The zero-order chi connectivity index (χ0) is 19.3. The topological polar surface area (TPSA) is 82.9 Å². The van der Waals surface area contributed by atoms with Crippen LogP contribution < -0.4 is 10.6 Å². The number of hydrogen-bond acceptors (Lipinski definition) is 3. The summed E-state index contributed by atoms with van der Waals surface area (Å²) in [5, 5.41) is 16.7. The van der Waals surface area contributed by atoms with E-state index in [2.05, 4.69) is 56.1 Å². The van der Waals surface area contributed by atoms with Gasteiger partial charge in [-0.3, -0.25) is 0 Å². The van der Waals surface area contributed by atoms with Crippen LogP contribution in [0.15, 0.2) is 35.3 Å². The number of aliphatic imine (C=N–C) groups is 1. The molecule has 7 heteroatoms. The molecule has 1 aromatic carbocycles. The molecule has 0 aliphatic heterocycles. The number of guanidine groups is 1. The van der Waals surface area contributed by atoms with Crippen LogP contribution in [0.3, 0.4) is 0 Å². The van der Waals surface area contributed by atoms with Gasteiger partial charge in [-0.2, -0.15) is 0 Å². The molecule has 3 N–H and O–H groups in total. The minimum absolute atomic E-state index is 0.514. The molecule has 0 saturated heterocycles. The number of fused-ring (bicyclic) bond motifs is 1. The maximum Gasteiger partial charge on any atom is 0.191 e. The van der Waals surface area contributed by atoms with Gasteiger partial charge in [-0.15, -0.1) is 10.2 Å². The number of aryl methyl sites for hydroxylation is 1. The number of rotatable bonds is 6. The van der Waals surface area contributed by atoms with E-state index in [-0.39, 0.29) is 0 Å². The summed E-state index contributed by atoms with van der Waals surface area (Å²) < 4.78 is 1.99. The first-order valence-electron chi connectivity index (χ1n) is 10.2. The van der Waals surface area contributed by atoms with Crippen LogP contribution in [0.2, 0.25) is 0 Å². The lowest BCUT2D eigenvalue weighted by molar-refractivity contribution is 0.609. The Kier molecular flexibility index (Phi) is 5.60. The standard InChI is InChI=1S/C21H29N7/c1-15-26-27-20(28(15)2)14-23-21(25-17-8-4-5-9-17)22-12-11-18-13-16-7-3-6-10-19(16)24-18/h3,6-7,10,13,17,24H,4-5,8-9,11-12,14H2,1-2H3,(H2,22,23,25). The van der Waals surface area contributed by atoms with Crippen molar-refractivity contribution < 1.29 is 0 Å². The van der Waals surface area contributed by atoms with Crippen molar-refractivity contribution in [2.24, 2.45) is 12.0 Å². The van der Waals surface area contributed by atoms with Gasteiger partial charge in [-0.05, 0) is 37.3 Å². The summed E-state index contributed by atoms with van der Waals surface area (Å²) in [4.78, 5) is 8.26.